The Balaban J connectivity index is 2.75. The van der Waals surface area contributed by atoms with Gasteiger partial charge < -0.3 is 39.0 Å². The van der Waals surface area contributed by atoms with E-state index < -0.39 is 67.3 Å². The molecule has 0 spiro atoms. The molecule has 6 unspecified atom stereocenters. The molecule has 12 heteroatoms. The molecule has 434 valence electrons. The maximum atomic E-state index is 13.1. The molecule has 1 aliphatic heterocycles. The van der Waals surface area contributed by atoms with Crippen LogP contribution in [0, 0.1) is 0 Å². The summed E-state index contributed by atoms with van der Waals surface area (Å²) in [5.41, 5.74) is 0. The molecule has 3 N–H and O–H groups in total. The number of rotatable bonds is 48. The summed E-state index contributed by atoms with van der Waals surface area (Å²) in [5, 5.41) is 31.4. The van der Waals surface area contributed by atoms with Crippen LogP contribution < -0.4 is 0 Å². The number of aliphatic carboxylic acids is 1. The maximum Gasteiger partial charge on any atom is 0.335 e. The standard InChI is InChI=1S/C65H102O12/c1-4-7-10-13-16-19-22-25-27-28-29-30-32-34-36-39-42-45-48-51-57(66)73-54-56(75-58(67)52-49-46-43-40-37-33-24-21-18-15-12-9-6-3)55-74-65-63(61(70)60(69)62(77-65)64(71)72)76-59(68)53-50-47-44-41-38-35-31-26-23-20-17-14-11-8-5-2/h7-8,10-11,16-17,19-21,24-27,29-31,38,41,47,50,56,60-63,65,69-70H,4-6,9,12-15,18,22-23,28,32-37,39-40,42-46,48-49,51-55H2,1-3H3,(H,71,72)/b10-7-,11-8-,19-16-,20-17-,24-21-,27-25-,30-29-,31-26-,41-38-,50-47-. The van der Waals surface area contributed by atoms with Crippen LogP contribution in [0.5, 0.6) is 0 Å². The van der Waals surface area contributed by atoms with Gasteiger partial charge >= 0.3 is 23.9 Å². The highest BCUT2D eigenvalue weighted by atomic mass is 16.7. The number of carbonyl (C=O) groups is 4. The number of aliphatic hydroxyl groups is 2. The SMILES string of the molecule is CC/C=C\C/C=C\C/C=C\C/C=C\C/C=C\CC(=O)OC1C(OCC(COC(=O)CCCCCCCC/C=C\C/C=C\C/C=C\C/C=C\CC)OC(=O)CCCCCCC/C=C\CCCCCC)OC(C(=O)O)C(O)C1O. The topological polar surface area (TPSA) is 175 Å². The minimum atomic E-state index is -1.94. The fourth-order valence-electron chi connectivity index (χ4n) is 8.07. The Morgan fingerprint density at radius 1 is 0.455 bits per heavy atom. The van der Waals surface area contributed by atoms with E-state index in [1.54, 1.807) is 12.2 Å². The second kappa shape index (κ2) is 51.9. The molecule has 1 fully saturated rings. The average Bonchev–Trinajstić information content (AvgIpc) is 3.42. The van der Waals surface area contributed by atoms with Crippen molar-refractivity contribution >= 4 is 23.9 Å². The number of ether oxygens (including phenoxy) is 5. The lowest BCUT2D eigenvalue weighted by atomic mass is 9.98. The summed E-state index contributed by atoms with van der Waals surface area (Å²) in [7, 11) is 0. The number of carboxylic acid groups (broad SMARTS) is 1. The van der Waals surface area contributed by atoms with Crippen molar-refractivity contribution in [2.24, 2.45) is 0 Å². The second-order valence-corrected chi connectivity index (χ2v) is 19.5. The highest BCUT2D eigenvalue weighted by Crippen LogP contribution is 2.26. The van der Waals surface area contributed by atoms with E-state index in [1.807, 2.05) is 12.2 Å². The quantitative estimate of drug-likeness (QED) is 0.0228. The Labute approximate surface area is 465 Å². The molecule has 1 rings (SSSR count). The molecule has 0 aromatic heterocycles. The van der Waals surface area contributed by atoms with E-state index in [-0.39, 0.29) is 25.9 Å². The highest BCUT2D eigenvalue weighted by Gasteiger charge is 2.50. The van der Waals surface area contributed by atoms with E-state index in [2.05, 4.69) is 118 Å². The maximum absolute atomic E-state index is 13.1. The zero-order chi connectivity index (χ0) is 56.1. The van der Waals surface area contributed by atoms with Crippen LogP contribution in [0.3, 0.4) is 0 Å². The van der Waals surface area contributed by atoms with Crippen LogP contribution in [0.15, 0.2) is 122 Å². The summed E-state index contributed by atoms with van der Waals surface area (Å²) < 4.78 is 28.3. The van der Waals surface area contributed by atoms with Gasteiger partial charge in [-0.05, 0) is 109 Å². The molecule has 77 heavy (non-hydrogen) atoms. The molecular weight excluding hydrogens is 973 g/mol. The molecule has 0 aliphatic carbocycles. The summed E-state index contributed by atoms with van der Waals surface area (Å²) in [4.78, 5) is 51.1. The van der Waals surface area contributed by atoms with Crippen LogP contribution in [0.4, 0.5) is 0 Å². The molecule has 0 bridgehead atoms. The van der Waals surface area contributed by atoms with E-state index in [9.17, 15) is 34.5 Å². The first-order chi connectivity index (χ1) is 37.6. The van der Waals surface area contributed by atoms with Gasteiger partial charge in [-0.15, -0.1) is 0 Å². The first-order valence-electron chi connectivity index (χ1n) is 29.5. The number of hydrogen-bond acceptors (Lipinski definition) is 11. The van der Waals surface area contributed by atoms with Crippen LogP contribution in [0.1, 0.15) is 213 Å². The Hall–Kier alpha value is -4.88. The minimum absolute atomic E-state index is 0.132. The zero-order valence-electron chi connectivity index (χ0n) is 47.7. The number of hydrogen-bond donors (Lipinski definition) is 3. The van der Waals surface area contributed by atoms with E-state index in [1.165, 1.54) is 25.7 Å². The van der Waals surface area contributed by atoms with Gasteiger partial charge in [0.15, 0.2) is 24.6 Å². The van der Waals surface area contributed by atoms with Crippen LogP contribution in [-0.4, -0.2) is 89.2 Å². The van der Waals surface area contributed by atoms with E-state index in [4.69, 9.17) is 23.7 Å². The fourth-order valence-corrected chi connectivity index (χ4v) is 8.07. The third kappa shape index (κ3) is 41.8. The van der Waals surface area contributed by atoms with Crippen molar-refractivity contribution in [1.29, 1.82) is 0 Å². The van der Waals surface area contributed by atoms with E-state index >= 15 is 0 Å². The summed E-state index contributed by atoms with van der Waals surface area (Å²) in [6.45, 7) is 5.67. The molecule has 0 saturated carbocycles. The third-order valence-electron chi connectivity index (χ3n) is 12.5. The molecule has 0 radical (unpaired) electrons. The van der Waals surface area contributed by atoms with Crippen molar-refractivity contribution in [2.45, 2.75) is 250 Å². The molecule has 1 saturated heterocycles. The Kier molecular flexibility index (Phi) is 47.2. The molecule has 0 aromatic rings. The number of allylic oxidation sites excluding steroid dienone is 19. The monoisotopic (exact) mass is 1070 g/mol. The molecule has 0 aromatic carbocycles. The normalized spacial score (nSPS) is 18.9. The van der Waals surface area contributed by atoms with Gasteiger partial charge in [-0.3, -0.25) is 14.4 Å². The lowest BCUT2D eigenvalue weighted by Gasteiger charge is -2.40. The number of aliphatic hydroxyl groups excluding tert-OH is 2. The van der Waals surface area contributed by atoms with Gasteiger partial charge in [0.1, 0.15) is 18.8 Å². The minimum Gasteiger partial charge on any atom is -0.479 e. The summed E-state index contributed by atoms with van der Waals surface area (Å²) in [6, 6.07) is 0. The fraction of sp³-hybridized carbons (Fsp3) is 0.631. The number of unbranched alkanes of at least 4 members (excludes halogenated alkanes) is 15. The van der Waals surface area contributed by atoms with Gasteiger partial charge in [0, 0.05) is 12.8 Å². The van der Waals surface area contributed by atoms with Gasteiger partial charge in [-0.1, -0.05) is 206 Å². The van der Waals surface area contributed by atoms with Gasteiger partial charge in [0.2, 0.25) is 0 Å². The molecule has 0 amide bonds. The van der Waals surface area contributed by atoms with Gasteiger partial charge in [-0.2, -0.15) is 0 Å². The molecule has 1 aliphatic rings. The lowest BCUT2D eigenvalue weighted by molar-refractivity contribution is -0.301. The summed E-state index contributed by atoms with van der Waals surface area (Å²) in [5.74, 6) is -3.33. The number of esters is 3. The third-order valence-corrected chi connectivity index (χ3v) is 12.5. The summed E-state index contributed by atoms with van der Waals surface area (Å²) >= 11 is 0. The van der Waals surface area contributed by atoms with E-state index in [0.29, 0.717) is 19.3 Å². The van der Waals surface area contributed by atoms with Crippen LogP contribution in [0.2, 0.25) is 0 Å². The predicted molar refractivity (Wildman–Crippen MR) is 312 cm³/mol. The first-order valence-corrected chi connectivity index (χ1v) is 29.5. The van der Waals surface area contributed by atoms with Crippen molar-refractivity contribution in [2.75, 3.05) is 13.2 Å². The van der Waals surface area contributed by atoms with Crippen molar-refractivity contribution in [3.05, 3.63) is 122 Å². The Bertz CT molecular complexity index is 1800. The van der Waals surface area contributed by atoms with Crippen LogP contribution >= 0.6 is 0 Å². The zero-order valence-corrected chi connectivity index (χ0v) is 47.7. The Morgan fingerprint density at radius 2 is 0.857 bits per heavy atom. The number of carbonyl (C=O) groups excluding carboxylic acids is 3. The van der Waals surface area contributed by atoms with Gasteiger partial charge in [0.05, 0.1) is 13.0 Å². The largest absolute Gasteiger partial charge is 0.479 e. The van der Waals surface area contributed by atoms with Crippen molar-refractivity contribution in [1.82, 2.24) is 0 Å². The molecule has 6 atom stereocenters. The van der Waals surface area contributed by atoms with Gasteiger partial charge in [0.25, 0.3) is 0 Å². The van der Waals surface area contributed by atoms with Gasteiger partial charge in [-0.25, -0.2) is 4.79 Å². The molecule has 1 heterocycles. The van der Waals surface area contributed by atoms with Crippen LogP contribution in [0.25, 0.3) is 0 Å². The predicted octanol–water partition coefficient (Wildman–Crippen LogP) is 15.2. The summed E-state index contributed by atoms with van der Waals surface area (Å²) in [6.07, 6.45) is 59.1. The van der Waals surface area contributed by atoms with Crippen LogP contribution in [-0.2, 0) is 42.9 Å². The number of carboxylic acids is 1. The highest BCUT2D eigenvalue weighted by molar-refractivity contribution is 5.74. The Morgan fingerprint density at radius 3 is 1.32 bits per heavy atom. The second-order valence-electron chi connectivity index (χ2n) is 19.5. The molecule has 12 nitrogen and oxygen atoms in total. The lowest BCUT2D eigenvalue weighted by Crippen LogP contribution is -2.61. The van der Waals surface area contributed by atoms with Crippen molar-refractivity contribution < 1.29 is 58.2 Å². The molecular formula is C65H102O12. The van der Waals surface area contributed by atoms with Crippen molar-refractivity contribution in [3.8, 4) is 0 Å². The average molecular weight is 1080 g/mol. The smallest absolute Gasteiger partial charge is 0.335 e. The van der Waals surface area contributed by atoms with E-state index in [0.717, 1.165) is 128 Å². The first kappa shape index (κ1) is 70.1. The van der Waals surface area contributed by atoms with Crippen molar-refractivity contribution in [3.63, 3.8) is 0 Å².